The number of anilines is 1. The number of rotatable bonds is 6. The van der Waals surface area contributed by atoms with Gasteiger partial charge in [0.1, 0.15) is 0 Å². The number of hydrogen-bond donors (Lipinski definition) is 1. The van der Waals surface area contributed by atoms with Gasteiger partial charge in [0.15, 0.2) is 0 Å². The first-order valence-electron chi connectivity index (χ1n) is 8.18. The molecule has 1 saturated heterocycles. The van der Waals surface area contributed by atoms with Gasteiger partial charge >= 0.3 is 0 Å². The maximum absolute atomic E-state index is 10.8. The molecule has 0 amide bonds. The number of nitrogens with zero attached hydrogens (tertiary/aromatic N) is 2. The second-order valence-corrected chi connectivity index (χ2v) is 6.34. The molecule has 132 valence electrons. The maximum atomic E-state index is 10.8. The largest absolute Gasteiger partial charge is 0.380 e. The van der Waals surface area contributed by atoms with Gasteiger partial charge in [0, 0.05) is 38.3 Å². The van der Waals surface area contributed by atoms with Crippen molar-refractivity contribution in [1.29, 1.82) is 0 Å². The Balaban J connectivity index is 1.68. The molecule has 7 heteroatoms. The molecule has 0 unspecified atom stereocenters. The van der Waals surface area contributed by atoms with Gasteiger partial charge in [-0.25, -0.2) is 0 Å². The first-order valence-corrected chi connectivity index (χ1v) is 8.56. The van der Waals surface area contributed by atoms with Crippen LogP contribution in [0.3, 0.4) is 0 Å². The number of halogens is 1. The number of hydrogen-bond acceptors (Lipinski definition) is 5. The summed E-state index contributed by atoms with van der Waals surface area (Å²) in [6, 6.07) is 12.7. The summed E-state index contributed by atoms with van der Waals surface area (Å²) in [5.74, 6) is 0. The quantitative estimate of drug-likeness (QED) is 0.627. The summed E-state index contributed by atoms with van der Waals surface area (Å²) in [4.78, 5) is 12.7. The molecule has 0 spiro atoms. The lowest BCUT2D eigenvalue weighted by Gasteiger charge is -2.27. The molecular weight excluding hydrogens is 342 g/mol. The number of nitrogens with one attached hydrogen (secondary N) is 1. The normalized spacial score (nSPS) is 15.1. The summed E-state index contributed by atoms with van der Waals surface area (Å²) in [6.07, 6.45) is 0. The summed E-state index contributed by atoms with van der Waals surface area (Å²) in [6.45, 7) is 4.93. The fourth-order valence-electron chi connectivity index (χ4n) is 2.84. The zero-order valence-electron chi connectivity index (χ0n) is 13.8. The standard InChI is InChI=1S/C18H20ClN3O3/c19-17-11-16(22(23)24)5-6-18(17)20-12-14-3-1-2-4-15(14)13-21-7-9-25-10-8-21/h1-6,11,20H,7-10,12-13H2. The number of benzene rings is 2. The van der Waals surface area contributed by atoms with E-state index in [1.807, 2.05) is 12.1 Å². The molecule has 3 rings (SSSR count). The van der Waals surface area contributed by atoms with Crippen molar-refractivity contribution in [3.63, 3.8) is 0 Å². The van der Waals surface area contributed by atoms with Crippen molar-refractivity contribution in [2.24, 2.45) is 0 Å². The van der Waals surface area contributed by atoms with Gasteiger partial charge in [-0.3, -0.25) is 15.0 Å². The fraction of sp³-hybridized carbons (Fsp3) is 0.333. The third kappa shape index (κ3) is 4.69. The highest BCUT2D eigenvalue weighted by Gasteiger charge is 2.13. The van der Waals surface area contributed by atoms with E-state index in [1.54, 1.807) is 6.07 Å². The van der Waals surface area contributed by atoms with Crippen LogP contribution in [0.15, 0.2) is 42.5 Å². The van der Waals surface area contributed by atoms with E-state index in [0.29, 0.717) is 17.3 Å². The smallest absolute Gasteiger partial charge is 0.271 e. The first kappa shape index (κ1) is 17.7. The highest BCUT2D eigenvalue weighted by molar-refractivity contribution is 6.33. The van der Waals surface area contributed by atoms with Crippen molar-refractivity contribution in [2.45, 2.75) is 13.1 Å². The highest BCUT2D eigenvalue weighted by atomic mass is 35.5. The zero-order valence-corrected chi connectivity index (χ0v) is 14.5. The average Bonchev–Trinajstić information content (AvgIpc) is 2.62. The monoisotopic (exact) mass is 361 g/mol. The summed E-state index contributed by atoms with van der Waals surface area (Å²) >= 11 is 6.15. The molecule has 1 aliphatic heterocycles. The Morgan fingerprint density at radius 2 is 1.88 bits per heavy atom. The van der Waals surface area contributed by atoms with Crippen molar-refractivity contribution in [1.82, 2.24) is 4.90 Å². The van der Waals surface area contributed by atoms with Gasteiger partial charge in [0.05, 0.1) is 28.8 Å². The minimum absolute atomic E-state index is 0.0109. The predicted molar refractivity (Wildman–Crippen MR) is 98.0 cm³/mol. The van der Waals surface area contributed by atoms with Crippen molar-refractivity contribution in [2.75, 3.05) is 31.6 Å². The summed E-state index contributed by atoms with van der Waals surface area (Å²) in [5, 5.41) is 14.4. The SMILES string of the molecule is O=[N+]([O-])c1ccc(NCc2ccccc2CN2CCOCC2)c(Cl)c1. The lowest BCUT2D eigenvalue weighted by Crippen LogP contribution is -2.35. The van der Waals surface area contributed by atoms with E-state index in [1.165, 1.54) is 23.3 Å². The van der Waals surface area contributed by atoms with E-state index in [9.17, 15) is 10.1 Å². The maximum Gasteiger partial charge on any atom is 0.271 e. The zero-order chi connectivity index (χ0) is 17.6. The second kappa shape index (κ2) is 8.29. The molecule has 0 radical (unpaired) electrons. The number of ether oxygens (including phenoxy) is 1. The molecular formula is C18H20ClN3O3. The van der Waals surface area contributed by atoms with Gasteiger partial charge < -0.3 is 10.1 Å². The fourth-order valence-corrected chi connectivity index (χ4v) is 3.08. The molecule has 0 bridgehead atoms. The molecule has 1 heterocycles. The van der Waals surface area contributed by atoms with Crippen LogP contribution in [0.25, 0.3) is 0 Å². The van der Waals surface area contributed by atoms with E-state index in [2.05, 4.69) is 22.3 Å². The molecule has 0 aliphatic carbocycles. The van der Waals surface area contributed by atoms with E-state index >= 15 is 0 Å². The number of nitro benzene ring substituents is 1. The predicted octanol–water partition coefficient (Wildman–Crippen LogP) is 3.69. The van der Waals surface area contributed by atoms with Gasteiger partial charge in [-0.1, -0.05) is 35.9 Å². The van der Waals surface area contributed by atoms with Crippen LogP contribution >= 0.6 is 11.6 Å². The number of non-ortho nitro benzene ring substituents is 1. The van der Waals surface area contributed by atoms with Crippen LogP contribution < -0.4 is 5.32 Å². The molecule has 2 aromatic rings. The molecule has 6 nitrogen and oxygen atoms in total. The van der Waals surface area contributed by atoms with Crippen LogP contribution in [0.4, 0.5) is 11.4 Å². The van der Waals surface area contributed by atoms with Gasteiger partial charge in [0.2, 0.25) is 0 Å². The van der Waals surface area contributed by atoms with Crippen molar-refractivity contribution >= 4 is 23.0 Å². The first-order chi connectivity index (χ1) is 12.1. The Kier molecular flexibility index (Phi) is 5.86. The van der Waals surface area contributed by atoms with Gasteiger partial charge in [-0.2, -0.15) is 0 Å². The molecule has 1 N–H and O–H groups in total. The lowest BCUT2D eigenvalue weighted by molar-refractivity contribution is -0.384. The van der Waals surface area contributed by atoms with Crippen molar-refractivity contribution in [3.05, 3.63) is 68.7 Å². The molecule has 1 aliphatic rings. The molecule has 0 aromatic heterocycles. The minimum atomic E-state index is -0.451. The van der Waals surface area contributed by atoms with E-state index in [4.69, 9.17) is 16.3 Å². The summed E-state index contributed by atoms with van der Waals surface area (Å²) < 4.78 is 5.40. The number of nitro groups is 1. The van der Waals surface area contributed by atoms with E-state index in [0.717, 1.165) is 32.8 Å². The van der Waals surface area contributed by atoms with Crippen molar-refractivity contribution < 1.29 is 9.66 Å². The summed E-state index contributed by atoms with van der Waals surface area (Å²) in [5.41, 5.74) is 3.12. The summed E-state index contributed by atoms with van der Waals surface area (Å²) in [7, 11) is 0. The Bertz CT molecular complexity index is 748. The number of morpholine rings is 1. The Labute approximate surface area is 151 Å². The van der Waals surface area contributed by atoms with Gasteiger partial charge in [-0.15, -0.1) is 0 Å². The Morgan fingerprint density at radius 3 is 2.56 bits per heavy atom. The third-order valence-electron chi connectivity index (χ3n) is 4.25. The van der Waals surface area contributed by atoms with Crippen LogP contribution in [0, 0.1) is 10.1 Å². The van der Waals surface area contributed by atoms with E-state index in [-0.39, 0.29) is 5.69 Å². The van der Waals surface area contributed by atoms with Gasteiger partial charge in [-0.05, 0) is 17.2 Å². The molecule has 2 aromatic carbocycles. The van der Waals surface area contributed by atoms with Crippen LogP contribution in [-0.2, 0) is 17.8 Å². The second-order valence-electron chi connectivity index (χ2n) is 5.93. The van der Waals surface area contributed by atoms with Crippen LogP contribution in [0.5, 0.6) is 0 Å². The van der Waals surface area contributed by atoms with Crippen molar-refractivity contribution in [3.8, 4) is 0 Å². The topological polar surface area (TPSA) is 67.6 Å². The third-order valence-corrected chi connectivity index (χ3v) is 4.56. The highest BCUT2D eigenvalue weighted by Crippen LogP contribution is 2.27. The van der Waals surface area contributed by atoms with E-state index < -0.39 is 4.92 Å². The average molecular weight is 362 g/mol. The molecule has 1 fully saturated rings. The lowest BCUT2D eigenvalue weighted by atomic mass is 10.1. The molecule has 0 saturated carbocycles. The van der Waals surface area contributed by atoms with Crippen LogP contribution in [0.1, 0.15) is 11.1 Å². The Hall–Kier alpha value is -2.15. The van der Waals surface area contributed by atoms with Crippen LogP contribution in [0.2, 0.25) is 5.02 Å². The Morgan fingerprint density at radius 1 is 1.16 bits per heavy atom. The van der Waals surface area contributed by atoms with Gasteiger partial charge in [0.25, 0.3) is 5.69 Å². The van der Waals surface area contributed by atoms with Crippen LogP contribution in [-0.4, -0.2) is 36.1 Å². The molecule has 0 atom stereocenters. The molecule has 25 heavy (non-hydrogen) atoms. The minimum Gasteiger partial charge on any atom is -0.380 e.